The molecule has 0 spiro atoms. The second kappa shape index (κ2) is 6.62. The molecule has 0 heterocycles. The van der Waals surface area contributed by atoms with Gasteiger partial charge in [-0.2, -0.15) is 0 Å². The van der Waals surface area contributed by atoms with Crippen LogP contribution < -0.4 is 14.8 Å². The van der Waals surface area contributed by atoms with E-state index in [1.165, 1.54) is 0 Å². The van der Waals surface area contributed by atoms with Gasteiger partial charge >= 0.3 is 0 Å². The van der Waals surface area contributed by atoms with E-state index in [2.05, 4.69) is 42.0 Å². The SMILES string of the molecule is CCC(C)(C)C(NC)c1cc(OC)c(Br)cc1OC. The van der Waals surface area contributed by atoms with Crippen molar-refractivity contribution in [1.29, 1.82) is 0 Å². The quantitative estimate of drug-likeness (QED) is 0.849. The number of halogens is 1. The van der Waals surface area contributed by atoms with Crippen molar-refractivity contribution in [2.24, 2.45) is 5.41 Å². The fraction of sp³-hybridized carbons (Fsp3) is 0.600. The van der Waals surface area contributed by atoms with E-state index < -0.39 is 0 Å². The molecule has 1 atom stereocenters. The topological polar surface area (TPSA) is 30.5 Å². The summed E-state index contributed by atoms with van der Waals surface area (Å²) in [7, 11) is 5.36. The molecule has 0 aliphatic rings. The summed E-state index contributed by atoms with van der Waals surface area (Å²) >= 11 is 3.50. The Morgan fingerprint density at radius 3 is 2.21 bits per heavy atom. The molecule has 4 heteroatoms. The fourth-order valence-corrected chi connectivity index (χ4v) is 2.77. The lowest BCUT2D eigenvalue weighted by atomic mass is 9.78. The standard InChI is InChI=1S/C15H24BrNO2/c1-7-15(2,3)14(17-4)10-8-13(19-6)11(16)9-12(10)18-5/h8-9,14,17H,7H2,1-6H3. The minimum absolute atomic E-state index is 0.126. The first-order valence-electron chi connectivity index (χ1n) is 6.50. The summed E-state index contributed by atoms with van der Waals surface area (Å²) in [4.78, 5) is 0. The molecule has 19 heavy (non-hydrogen) atoms. The van der Waals surface area contributed by atoms with Crippen LogP contribution in [0.5, 0.6) is 11.5 Å². The van der Waals surface area contributed by atoms with E-state index in [4.69, 9.17) is 9.47 Å². The van der Waals surface area contributed by atoms with Crippen LogP contribution in [0.3, 0.4) is 0 Å². The van der Waals surface area contributed by atoms with E-state index in [0.29, 0.717) is 0 Å². The van der Waals surface area contributed by atoms with Gasteiger partial charge in [0.05, 0.1) is 18.7 Å². The number of hydrogen-bond acceptors (Lipinski definition) is 3. The summed E-state index contributed by atoms with van der Waals surface area (Å²) in [6, 6.07) is 4.21. The molecule has 0 radical (unpaired) electrons. The molecular formula is C15H24BrNO2. The minimum atomic E-state index is 0.126. The van der Waals surface area contributed by atoms with Crippen molar-refractivity contribution in [2.75, 3.05) is 21.3 Å². The van der Waals surface area contributed by atoms with E-state index in [1.54, 1.807) is 14.2 Å². The van der Waals surface area contributed by atoms with E-state index in [-0.39, 0.29) is 11.5 Å². The van der Waals surface area contributed by atoms with Crippen LogP contribution in [-0.2, 0) is 0 Å². The molecule has 0 fully saturated rings. The second-order valence-corrected chi connectivity index (χ2v) is 6.15. The van der Waals surface area contributed by atoms with Gasteiger partial charge in [0.1, 0.15) is 11.5 Å². The molecule has 1 unspecified atom stereocenters. The van der Waals surface area contributed by atoms with Crippen LogP contribution in [0.25, 0.3) is 0 Å². The van der Waals surface area contributed by atoms with Gasteiger partial charge in [-0.15, -0.1) is 0 Å². The van der Waals surface area contributed by atoms with Gasteiger partial charge in [0, 0.05) is 11.6 Å². The lowest BCUT2D eigenvalue weighted by Crippen LogP contribution is -2.31. The third kappa shape index (κ3) is 3.42. The highest BCUT2D eigenvalue weighted by atomic mass is 79.9. The Morgan fingerprint density at radius 1 is 1.21 bits per heavy atom. The van der Waals surface area contributed by atoms with Gasteiger partial charge < -0.3 is 14.8 Å². The van der Waals surface area contributed by atoms with Gasteiger partial charge in [-0.25, -0.2) is 0 Å². The Hall–Kier alpha value is -0.740. The molecule has 0 saturated heterocycles. The second-order valence-electron chi connectivity index (χ2n) is 5.29. The van der Waals surface area contributed by atoms with E-state index in [9.17, 15) is 0 Å². The van der Waals surface area contributed by atoms with E-state index in [1.807, 2.05) is 19.2 Å². The van der Waals surface area contributed by atoms with Crippen LogP contribution in [0.1, 0.15) is 38.8 Å². The normalized spacial score (nSPS) is 13.2. The van der Waals surface area contributed by atoms with Crippen LogP contribution in [0.2, 0.25) is 0 Å². The molecule has 1 rings (SSSR count). The van der Waals surface area contributed by atoms with Crippen molar-refractivity contribution in [3.63, 3.8) is 0 Å². The Kier molecular flexibility index (Phi) is 5.68. The summed E-state index contributed by atoms with van der Waals surface area (Å²) in [5, 5.41) is 3.40. The molecule has 3 nitrogen and oxygen atoms in total. The van der Waals surface area contributed by atoms with Gasteiger partial charge in [-0.1, -0.05) is 20.8 Å². The third-order valence-electron chi connectivity index (χ3n) is 3.80. The smallest absolute Gasteiger partial charge is 0.133 e. The van der Waals surface area contributed by atoms with Crippen LogP contribution in [0, 0.1) is 5.41 Å². The van der Waals surface area contributed by atoms with Gasteiger partial charge in [-0.05, 0) is 46.9 Å². The maximum atomic E-state index is 5.52. The predicted octanol–water partition coefficient (Wildman–Crippen LogP) is 4.16. The number of rotatable bonds is 6. The van der Waals surface area contributed by atoms with Crippen molar-refractivity contribution < 1.29 is 9.47 Å². The van der Waals surface area contributed by atoms with Crippen LogP contribution >= 0.6 is 15.9 Å². The average Bonchev–Trinajstić information content (AvgIpc) is 2.40. The first kappa shape index (κ1) is 16.3. The Balaban J connectivity index is 3.37. The molecule has 1 aromatic rings. The van der Waals surface area contributed by atoms with Gasteiger partial charge in [0.15, 0.2) is 0 Å². The third-order valence-corrected chi connectivity index (χ3v) is 4.42. The molecule has 0 amide bonds. The summed E-state index contributed by atoms with van der Waals surface area (Å²) < 4.78 is 11.8. The monoisotopic (exact) mass is 329 g/mol. The predicted molar refractivity (Wildman–Crippen MR) is 83.1 cm³/mol. The van der Waals surface area contributed by atoms with Crippen molar-refractivity contribution in [3.05, 3.63) is 22.2 Å². The van der Waals surface area contributed by atoms with E-state index in [0.717, 1.165) is 28.0 Å². The average molecular weight is 330 g/mol. The maximum absolute atomic E-state index is 5.52. The first-order chi connectivity index (χ1) is 8.91. The summed E-state index contributed by atoms with van der Waals surface area (Å²) in [5.41, 5.74) is 1.25. The number of nitrogens with one attached hydrogen (secondary N) is 1. The number of methoxy groups -OCH3 is 2. The molecule has 0 saturated carbocycles. The molecule has 108 valence electrons. The Bertz CT molecular complexity index is 432. The van der Waals surface area contributed by atoms with Crippen molar-refractivity contribution in [2.45, 2.75) is 33.2 Å². The zero-order chi connectivity index (χ0) is 14.6. The van der Waals surface area contributed by atoms with E-state index >= 15 is 0 Å². The Morgan fingerprint density at radius 2 is 1.79 bits per heavy atom. The molecule has 1 aromatic carbocycles. The largest absolute Gasteiger partial charge is 0.496 e. The molecule has 0 bridgehead atoms. The van der Waals surface area contributed by atoms with Crippen molar-refractivity contribution in [1.82, 2.24) is 5.32 Å². The highest BCUT2D eigenvalue weighted by molar-refractivity contribution is 9.10. The number of benzene rings is 1. The Labute approximate surface area is 124 Å². The first-order valence-corrected chi connectivity index (χ1v) is 7.29. The van der Waals surface area contributed by atoms with Crippen LogP contribution in [-0.4, -0.2) is 21.3 Å². The van der Waals surface area contributed by atoms with Gasteiger partial charge in [0.25, 0.3) is 0 Å². The van der Waals surface area contributed by atoms with Crippen LogP contribution in [0.15, 0.2) is 16.6 Å². The van der Waals surface area contributed by atoms with Gasteiger partial charge in [0.2, 0.25) is 0 Å². The zero-order valence-corrected chi connectivity index (χ0v) is 14.2. The summed E-state index contributed by atoms with van der Waals surface area (Å²) in [6.07, 6.45) is 1.07. The highest BCUT2D eigenvalue weighted by Gasteiger charge is 2.30. The van der Waals surface area contributed by atoms with Crippen molar-refractivity contribution >= 4 is 15.9 Å². The number of hydrogen-bond donors (Lipinski definition) is 1. The van der Waals surface area contributed by atoms with Gasteiger partial charge in [-0.3, -0.25) is 0 Å². The number of ether oxygens (including phenoxy) is 2. The van der Waals surface area contributed by atoms with Crippen molar-refractivity contribution in [3.8, 4) is 11.5 Å². The summed E-state index contributed by atoms with van der Waals surface area (Å²) in [6.45, 7) is 6.71. The molecule has 0 aromatic heterocycles. The zero-order valence-electron chi connectivity index (χ0n) is 12.6. The fourth-order valence-electron chi connectivity index (χ4n) is 2.28. The molecule has 0 aliphatic heterocycles. The minimum Gasteiger partial charge on any atom is -0.496 e. The van der Waals surface area contributed by atoms with Crippen LogP contribution in [0.4, 0.5) is 0 Å². The summed E-state index contributed by atoms with van der Waals surface area (Å²) in [5.74, 6) is 1.69. The maximum Gasteiger partial charge on any atom is 0.133 e. The molecule has 0 aliphatic carbocycles. The highest BCUT2D eigenvalue weighted by Crippen LogP contribution is 2.43. The lowest BCUT2D eigenvalue weighted by Gasteiger charge is -2.34. The molecule has 1 N–H and O–H groups in total. The lowest BCUT2D eigenvalue weighted by molar-refractivity contribution is 0.239. The molecular weight excluding hydrogens is 306 g/mol.